The molecular formula is C15H24N2O. The van der Waals surface area contributed by atoms with Crippen LogP contribution >= 0.6 is 0 Å². The molecule has 3 heteroatoms. The molecule has 1 amide bonds. The van der Waals surface area contributed by atoms with Crippen LogP contribution in [-0.4, -0.2) is 30.9 Å². The van der Waals surface area contributed by atoms with Gasteiger partial charge in [-0.2, -0.15) is 0 Å². The van der Waals surface area contributed by atoms with Crippen molar-refractivity contribution in [2.24, 2.45) is 0 Å². The second-order valence-corrected chi connectivity index (χ2v) is 4.83. The first-order valence-electron chi connectivity index (χ1n) is 6.56. The SMILES string of the molecule is CCCC(C)N(C)C(=O)c1ccc(NC)cc1C. The number of carbonyl (C=O) groups excluding carboxylic acids is 1. The van der Waals surface area contributed by atoms with Gasteiger partial charge in [0.05, 0.1) is 0 Å². The molecule has 0 saturated heterocycles. The molecule has 1 N–H and O–H groups in total. The van der Waals surface area contributed by atoms with Crippen molar-refractivity contribution in [2.75, 3.05) is 19.4 Å². The molecule has 0 heterocycles. The van der Waals surface area contributed by atoms with Crippen molar-refractivity contribution >= 4 is 11.6 Å². The molecule has 0 aromatic heterocycles. The summed E-state index contributed by atoms with van der Waals surface area (Å²) in [5.41, 5.74) is 2.84. The number of carbonyl (C=O) groups is 1. The third-order valence-electron chi connectivity index (χ3n) is 3.43. The number of nitrogens with one attached hydrogen (secondary N) is 1. The monoisotopic (exact) mass is 248 g/mol. The minimum absolute atomic E-state index is 0.108. The first kappa shape index (κ1) is 14.6. The van der Waals surface area contributed by atoms with E-state index in [1.807, 2.05) is 44.1 Å². The smallest absolute Gasteiger partial charge is 0.254 e. The molecule has 0 saturated carbocycles. The van der Waals surface area contributed by atoms with E-state index in [9.17, 15) is 4.79 Å². The number of benzene rings is 1. The first-order chi connectivity index (χ1) is 8.51. The van der Waals surface area contributed by atoms with Crippen LogP contribution in [-0.2, 0) is 0 Å². The third-order valence-corrected chi connectivity index (χ3v) is 3.43. The van der Waals surface area contributed by atoms with Gasteiger partial charge in [-0.05, 0) is 44.0 Å². The molecule has 1 aromatic carbocycles. The second-order valence-electron chi connectivity index (χ2n) is 4.83. The normalized spacial score (nSPS) is 12.1. The number of nitrogens with zero attached hydrogens (tertiary/aromatic N) is 1. The Labute approximate surface area is 110 Å². The van der Waals surface area contributed by atoms with Crippen molar-refractivity contribution in [2.45, 2.75) is 39.7 Å². The average Bonchev–Trinajstić information content (AvgIpc) is 2.37. The molecule has 0 radical (unpaired) electrons. The van der Waals surface area contributed by atoms with E-state index in [0.29, 0.717) is 0 Å². The zero-order chi connectivity index (χ0) is 13.7. The fourth-order valence-electron chi connectivity index (χ4n) is 2.06. The lowest BCUT2D eigenvalue weighted by molar-refractivity contribution is 0.0736. The van der Waals surface area contributed by atoms with Gasteiger partial charge in [-0.3, -0.25) is 4.79 Å². The van der Waals surface area contributed by atoms with Gasteiger partial charge in [0.25, 0.3) is 5.91 Å². The maximum absolute atomic E-state index is 12.4. The van der Waals surface area contributed by atoms with Crippen LogP contribution in [0.25, 0.3) is 0 Å². The highest BCUT2D eigenvalue weighted by Crippen LogP contribution is 2.17. The van der Waals surface area contributed by atoms with Gasteiger partial charge in [0, 0.05) is 31.4 Å². The molecule has 100 valence electrons. The van der Waals surface area contributed by atoms with Gasteiger partial charge < -0.3 is 10.2 Å². The van der Waals surface area contributed by atoms with Crippen molar-refractivity contribution in [3.8, 4) is 0 Å². The van der Waals surface area contributed by atoms with Crippen molar-refractivity contribution in [3.63, 3.8) is 0 Å². The lowest BCUT2D eigenvalue weighted by Crippen LogP contribution is -2.35. The molecule has 0 fully saturated rings. The van der Waals surface area contributed by atoms with Gasteiger partial charge in [-0.15, -0.1) is 0 Å². The quantitative estimate of drug-likeness (QED) is 0.867. The summed E-state index contributed by atoms with van der Waals surface area (Å²) < 4.78 is 0. The summed E-state index contributed by atoms with van der Waals surface area (Å²) in [6, 6.07) is 6.13. The Bertz CT molecular complexity index is 415. The Hall–Kier alpha value is -1.51. The molecule has 0 bridgehead atoms. The van der Waals surface area contributed by atoms with E-state index in [2.05, 4.69) is 19.2 Å². The van der Waals surface area contributed by atoms with Crippen LogP contribution in [0.3, 0.4) is 0 Å². The fraction of sp³-hybridized carbons (Fsp3) is 0.533. The minimum Gasteiger partial charge on any atom is -0.388 e. The summed E-state index contributed by atoms with van der Waals surface area (Å²) in [5.74, 6) is 0.108. The summed E-state index contributed by atoms with van der Waals surface area (Å²) in [4.78, 5) is 14.2. The first-order valence-corrected chi connectivity index (χ1v) is 6.56. The molecule has 1 unspecified atom stereocenters. The molecule has 3 nitrogen and oxygen atoms in total. The predicted molar refractivity (Wildman–Crippen MR) is 77.2 cm³/mol. The lowest BCUT2D eigenvalue weighted by atomic mass is 10.1. The molecule has 0 aliphatic heterocycles. The maximum Gasteiger partial charge on any atom is 0.254 e. The third kappa shape index (κ3) is 3.25. The van der Waals surface area contributed by atoms with E-state index in [1.165, 1.54) is 0 Å². The highest BCUT2D eigenvalue weighted by atomic mass is 16.2. The molecule has 1 rings (SSSR count). The summed E-state index contributed by atoms with van der Waals surface area (Å²) in [5, 5.41) is 3.08. The van der Waals surface area contributed by atoms with Crippen molar-refractivity contribution in [1.82, 2.24) is 4.90 Å². The number of amides is 1. The topological polar surface area (TPSA) is 32.3 Å². The minimum atomic E-state index is 0.108. The molecule has 1 atom stereocenters. The summed E-state index contributed by atoms with van der Waals surface area (Å²) in [7, 11) is 3.76. The highest BCUT2D eigenvalue weighted by Gasteiger charge is 2.18. The molecule has 0 aliphatic rings. The van der Waals surface area contributed by atoms with Crippen LogP contribution in [0, 0.1) is 6.92 Å². The average molecular weight is 248 g/mol. The predicted octanol–water partition coefficient (Wildman–Crippen LogP) is 3.30. The second kappa shape index (κ2) is 6.43. The zero-order valence-corrected chi connectivity index (χ0v) is 12.1. The van der Waals surface area contributed by atoms with E-state index in [1.54, 1.807) is 0 Å². The molecule has 18 heavy (non-hydrogen) atoms. The largest absolute Gasteiger partial charge is 0.388 e. The highest BCUT2D eigenvalue weighted by molar-refractivity contribution is 5.96. The molecular weight excluding hydrogens is 224 g/mol. The number of rotatable bonds is 5. The Balaban J connectivity index is 2.90. The van der Waals surface area contributed by atoms with E-state index in [-0.39, 0.29) is 11.9 Å². The van der Waals surface area contributed by atoms with Gasteiger partial charge >= 0.3 is 0 Å². The van der Waals surface area contributed by atoms with E-state index >= 15 is 0 Å². The fourth-order valence-corrected chi connectivity index (χ4v) is 2.06. The Morgan fingerprint density at radius 1 is 1.44 bits per heavy atom. The van der Waals surface area contributed by atoms with Crippen LogP contribution < -0.4 is 5.32 Å². The number of aryl methyl sites for hydroxylation is 1. The molecule has 0 spiro atoms. The number of hydrogen-bond acceptors (Lipinski definition) is 2. The van der Waals surface area contributed by atoms with E-state index < -0.39 is 0 Å². The van der Waals surface area contributed by atoms with Gasteiger partial charge in [0.15, 0.2) is 0 Å². The summed E-state index contributed by atoms with van der Waals surface area (Å²) >= 11 is 0. The number of anilines is 1. The van der Waals surface area contributed by atoms with Crippen LogP contribution in [0.2, 0.25) is 0 Å². The summed E-state index contributed by atoms with van der Waals surface area (Å²) in [6.07, 6.45) is 2.13. The Kier molecular flexibility index (Phi) is 5.20. The Morgan fingerprint density at radius 3 is 2.61 bits per heavy atom. The van der Waals surface area contributed by atoms with Crippen LogP contribution in [0.15, 0.2) is 18.2 Å². The maximum atomic E-state index is 12.4. The van der Waals surface area contributed by atoms with E-state index in [4.69, 9.17) is 0 Å². The van der Waals surface area contributed by atoms with Crippen molar-refractivity contribution in [3.05, 3.63) is 29.3 Å². The standard InChI is InChI=1S/C15H24N2O/c1-6-7-12(3)17(5)15(18)14-9-8-13(16-4)10-11(14)2/h8-10,12,16H,6-7H2,1-5H3. The molecule has 0 aliphatic carbocycles. The van der Waals surface area contributed by atoms with Crippen LogP contribution in [0.1, 0.15) is 42.6 Å². The van der Waals surface area contributed by atoms with Crippen LogP contribution in [0.4, 0.5) is 5.69 Å². The zero-order valence-electron chi connectivity index (χ0n) is 12.1. The Morgan fingerprint density at radius 2 is 2.11 bits per heavy atom. The van der Waals surface area contributed by atoms with Gasteiger partial charge in [0.1, 0.15) is 0 Å². The van der Waals surface area contributed by atoms with E-state index in [0.717, 1.165) is 29.7 Å². The van der Waals surface area contributed by atoms with Gasteiger partial charge in [-0.1, -0.05) is 13.3 Å². The molecule has 1 aromatic rings. The van der Waals surface area contributed by atoms with Crippen molar-refractivity contribution in [1.29, 1.82) is 0 Å². The van der Waals surface area contributed by atoms with Crippen molar-refractivity contribution < 1.29 is 4.79 Å². The van der Waals surface area contributed by atoms with Gasteiger partial charge in [0.2, 0.25) is 0 Å². The van der Waals surface area contributed by atoms with Crippen LogP contribution in [0.5, 0.6) is 0 Å². The lowest BCUT2D eigenvalue weighted by Gasteiger charge is -2.25. The van der Waals surface area contributed by atoms with Gasteiger partial charge in [-0.25, -0.2) is 0 Å². The summed E-state index contributed by atoms with van der Waals surface area (Å²) in [6.45, 7) is 6.22. The number of hydrogen-bond donors (Lipinski definition) is 1.